The lowest BCUT2D eigenvalue weighted by molar-refractivity contribution is 0.0386. The number of benzene rings is 1. The highest BCUT2D eigenvalue weighted by Crippen LogP contribution is 2.12. The molecular weight excluding hydrogens is 314 g/mol. The summed E-state index contributed by atoms with van der Waals surface area (Å²) in [6, 6.07) is 7.86. The van der Waals surface area contributed by atoms with E-state index in [2.05, 4.69) is 17.1 Å². The van der Waals surface area contributed by atoms with Gasteiger partial charge in [0.25, 0.3) is 0 Å². The molecule has 1 aromatic rings. The van der Waals surface area contributed by atoms with Gasteiger partial charge in [-0.15, -0.1) is 0 Å². The lowest BCUT2D eigenvalue weighted by atomic mass is 10.1. The average molecular weight is 340 g/mol. The molecule has 1 N–H and O–H groups in total. The van der Waals surface area contributed by atoms with E-state index in [1.165, 1.54) is 5.56 Å². The molecule has 0 aromatic heterocycles. The molecule has 1 atom stereocenters. The Hall–Kier alpha value is -1.30. The van der Waals surface area contributed by atoms with Crippen LogP contribution in [-0.2, 0) is 11.2 Å². The number of morpholine rings is 1. The molecule has 0 radical (unpaired) electrons. The smallest absolute Gasteiger partial charge is 0.317 e. The number of amides is 2. The highest BCUT2D eigenvalue weighted by molar-refractivity contribution is 6.30. The number of rotatable bonds is 6. The number of nitrogens with one attached hydrogen (secondary N) is 1. The minimum Gasteiger partial charge on any atom is -0.379 e. The Labute approximate surface area is 143 Å². The average Bonchev–Trinajstić information content (AvgIpc) is 2.57. The summed E-state index contributed by atoms with van der Waals surface area (Å²) in [5.41, 5.74) is 1.18. The molecule has 5 nitrogen and oxygen atoms in total. The third-order valence-corrected chi connectivity index (χ3v) is 4.49. The number of hydrogen-bond donors (Lipinski definition) is 1. The minimum atomic E-state index is -0.0280. The van der Waals surface area contributed by atoms with E-state index in [0.717, 1.165) is 44.3 Å². The first-order valence-electron chi connectivity index (χ1n) is 8.11. The van der Waals surface area contributed by atoms with Crippen molar-refractivity contribution in [1.82, 2.24) is 15.1 Å². The molecule has 0 bridgehead atoms. The number of urea groups is 1. The zero-order valence-corrected chi connectivity index (χ0v) is 14.7. The largest absolute Gasteiger partial charge is 0.379 e. The second-order valence-electron chi connectivity index (χ2n) is 5.98. The van der Waals surface area contributed by atoms with Crippen molar-refractivity contribution in [2.24, 2.45) is 0 Å². The van der Waals surface area contributed by atoms with Crippen LogP contribution in [0.25, 0.3) is 0 Å². The third-order valence-electron chi connectivity index (χ3n) is 4.23. The maximum atomic E-state index is 12.2. The Kier molecular flexibility index (Phi) is 7.15. The van der Waals surface area contributed by atoms with Crippen LogP contribution in [0.15, 0.2) is 24.3 Å². The summed E-state index contributed by atoms with van der Waals surface area (Å²) in [7, 11) is 1.84. The van der Waals surface area contributed by atoms with E-state index >= 15 is 0 Å². The van der Waals surface area contributed by atoms with Gasteiger partial charge in [0.15, 0.2) is 0 Å². The van der Waals surface area contributed by atoms with Gasteiger partial charge in [0.05, 0.1) is 13.2 Å². The van der Waals surface area contributed by atoms with E-state index in [-0.39, 0.29) is 12.1 Å². The predicted octanol–water partition coefficient (Wildman–Crippen LogP) is 2.24. The van der Waals surface area contributed by atoms with Crippen molar-refractivity contribution in [3.63, 3.8) is 0 Å². The van der Waals surface area contributed by atoms with E-state index in [9.17, 15) is 4.79 Å². The van der Waals surface area contributed by atoms with Gasteiger partial charge in [-0.2, -0.15) is 0 Å². The molecule has 1 saturated heterocycles. The predicted molar refractivity (Wildman–Crippen MR) is 93.0 cm³/mol. The van der Waals surface area contributed by atoms with Crippen LogP contribution in [0.3, 0.4) is 0 Å². The van der Waals surface area contributed by atoms with Gasteiger partial charge in [-0.3, -0.25) is 4.90 Å². The molecule has 1 heterocycles. The van der Waals surface area contributed by atoms with Crippen LogP contribution >= 0.6 is 11.6 Å². The fourth-order valence-electron chi connectivity index (χ4n) is 2.57. The molecule has 128 valence electrons. The summed E-state index contributed by atoms with van der Waals surface area (Å²) in [6.45, 7) is 7.04. The van der Waals surface area contributed by atoms with Crippen molar-refractivity contribution in [3.05, 3.63) is 34.9 Å². The molecule has 0 aliphatic carbocycles. The van der Waals surface area contributed by atoms with Crippen LogP contribution in [0.5, 0.6) is 0 Å². The maximum absolute atomic E-state index is 12.2. The third kappa shape index (κ3) is 6.01. The molecule has 1 aromatic carbocycles. The van der Waals surface area contributed by atoms with Gasteiger partial charge in [0.1, 0.15) is 0 Å². The summed E-state index contributed by atoms with van der Waals surface area (Å²) in [6.07, 6.45) is 0.810. The van der Waals surface area contributed by atoms with Crippen molar-refractivity contribution in [1.29, 1.82) is 0 Å². The fourth-order valence-corrected chi connectivity index (χ4v) is 2.70. The van der Waals surface area contributed by atoms with Crippen LogP contribution in [0.1, 0.15) is 12.5 Å². The van der Waals surface area contributed by atoms with E-state index in [1.54, 1.807) is 4.90 Å². The topological polar surface area (TPSA) is 44.8 Å². The Morgan fingerprint density at radius 3 is 2.65 bits per heavy atom. The van der Waals surface area contributed by atoms with Crippen molar-refractivity contribution < 1.29 is 9.53 Å². The SMILES string of the molecule is CC(Cc1ccc(Cl)cc1)N(C)C(=O)NCCN1CCOCC1. The minimum absolute atomic E-state index is 0.0280. The molecule has 1 unspecified atom stereocenters. The van der Waals surface area contributed by atoms with Crippen molar-refractivity contribution in [3.8, 4) is 0 Å². The maximum Gasteiger partial charge on any atom is 0.317 e. The molecule has 2 amide bonds. The first-order valence-corrected chi connectivity index (χ1v) is 8.49. The highest BCUT2D eigenvalue weighted by atomic mass is 35.5. The second-order valence-corrected chi connectivity index (χ2v) is 6.41. The fraction of sp³-hybridized carbons (Fsp3) is 0.588. The number of likely N-dealkylation sites (N-methyl/N-ethyl adjacent to an activating group) is 1. The summed E-state index contributed by atoms with van der Waals surface area (Å²) < 4.78 is 5.32. The molecule has 1 fully saturated rings. The van der Waals surface area contributed by atoms with Gasteiger partial charge in [0.2, 0.25) is 0 Å². The Balaban J connectivity index is 1.71. The molecular formula is C17H26ClN3O2. The Morgan fingerprint density at radius 1 is 1.35 bits per heavy atom. The molecule has 0 saturated carbocycles. The van der Waals surface area contributed by atoms with Crippen LogP contribution in [0.4, 0.5) is 4.79 Å². The number of ether oxygens (including phenoxy) is 1. The van der Waals surface area contributed by atoms with Crippen LogP contribution in [0, 0.1) is 0 Å². The molecule has 6 heteroatoms. The lowest BCUT2D eigenvalue weighted by Gasteiger charge is -2.28. The summed E-state index contributed by atoms with van der Waals surface area (Å²) >= 11 is 5.90. The number of nitrogens with zero attached hydrogens (tertiary/aromatic N) is 2. The lowest BCUT2D eigenvalue weighted by Crippen LogP contribution is -2.46. The summed E-state index contributed by atoms with van der Waals surface area (Å²) in [5, 5.41) is 3.72. The van der Waals surface area contributed by atoms with E-state index in [0.29, 0.717) is 6.54 Å². The first-order chi connectivity index (χ1) is 11.1. The highest BCUT2D eigenvalue weighted by Gasteiger charge is 2.16. The van der Waals surface area contributed by atoms with Crippen LogP contribution in [0.2, 0.25) is 5.02 Å². The zero-order chi connectivity index (χ0) is 16.7. The van der Waals surface area contributed by atoms with E-state index in [1.807, 2.05) is 31.3 Å². The van der Waals surface area contributed by atoms with Gasteiger partial charge in [-0.25, -0.2) is 4.79 Å². The first kappa shape index (κ1) is 18.0. The van der Waals surface area contributed by atoms with Crippen LogP contribution < -0.4 is 5.32 Å². The number of hydrogen-bond acceptors (Lipinski definition) is 3. The zero-order valence-electron chi connectivity index (χ0n) is 13.9. The van der Waals surface area contributed by atoms with Gasteiger partial charge in [-0.05, 0) is 31.0 Å². The number of carbonyl (C=O) groups excluding carboxylic acids is 1. The van der Waals surface area contributed by atoms with Gasteiger partial charge >= 0.3 is 6.03 Å². The monoisotopic (exact) mass is 339 g/mol. The molecule has 1 aliphatic heterocycles. The van der Waals surface area contributed by atoms with Crippen molar-refractivity contribution in [2.75, 3.05) is 46.4 Å². The van der Waals surface area contributed by atoms with Gasteiger partial charge < -0.3 is 15.0 Å². The Bertz CT molecular complexity index is 489. The molecule has 2 rings (SSSR count). The Morgan fingerprint density at radius 2 is 2.00 bits per heavy atom. The second kappa shape index (κ2) is 9.11. The van der Waals surface area contributed by atoms with Gasteiger partial charge in [-0.1, -0.05) is 23.7 Å². The quantitative estimate of drug-likeness (QED) is 0.864. The summed E-state index contributed by atoms with van der Waals surface area (Å²) in [4.78, 5) is 16.3. The van der Waals surface area contributed by atoms with E-state index in [4.69, 9.17) is 16.3 Å². The van der Waals surface area contributed by atoms with Crippen molar-refractivity contribution >= 4 is 17.6 Å². The number of halogens is 1. The standard InChI is InChI=1S/C17H26ClN3O2/c1-14(13-15-3-5-16(18)6-4-15)20(2)17(22)19-7-8-21-9-11-23-12-10-21/h3-6,14H,7-13H2,1-2H3,(H,19,22). The molecule has 0 spiro atoms. The number of carbonyl (C=O) groups is 1. The van der Waals surface area contributed by atoms with Crippen molar-refractivity contribution in [2.45, 2.75) is 19.4 Å². The molecule has 23 heavy (non-hydrogen) atoms. The van der Waals surface area contributed by atoms with E-state index < -0.39 is 0 Å². The van der Waals surface area contributed by atoms with Crippen LogP contribution in [-0.4, -0.2) is 68.3 Å². The normalized spacial score (nSPS) is 16.8. The van der Waals surface area contributed by atoms with Gasteiger partial charge in [0, 0.05) is 44.3 Å². The summed E-state index contributed by atoms with van der Waals surface area (Å²) in [5.74, 6) is 0. The molecule has 1 aliphatic rings.